The molecule has 1 heterocycles. The van der Waals surface area contributed by atoms with E-state index in [4.69, 9.17) is 5.26 Å². The Balaban J connectivity index is 1.38. The molecule has 0 amide bonds. The molecule has 0 saturated carbocycles. The molecule has 0 fully saturated rings. The van der Waals surface area contributed by atoms with E-state index in [9.17, 15) is 0 Å². The minimum absolute atomic E-state index is 0.677. The summed E-state index contributed by atoms with van der Waals surface area (Å²) in [6, 6.07) is 44.3. The zero-order valence-corrected chi connectivity index (χ0v) is 18.5. The molecule has 1 aromatic heterocycles. The molecule has 3 heteroatoms. The van der Waals surface area contributed by atoms with Gasteiger partial charge in [-0.2, -0.15) is 5.26 Å². The first-order chi connectivity index (χ1) is 16.8. The maximum atomic E-state index is 8.98. The van der Waals surface area contributed by atoms with Crippen LogP contribution in [0.3, 0.4) is 0 Å². The largest absolute Gasteiger partial charge is 0.309 e. The van der Waals surface area contributed by atoms with Crippen LogP contribution in [0.1, 0.15) is 5.56 Å². The normalized spacial score (nSPS) is 10.9. The van der Waals surface area contributed by atoms with E-state index in [-0.39, 0.29) is 0 Å². The lowest BCUT2D eigenvalue weighted by atomic mass is 9.64. The average molecular weight is 431 g/mol. The first-order valence-electron chi connectivity index (χ1n) is 11.3. The van der Waals surface area contributed by atoms with Crippen molar-refractivity contribution in [3.05, 3.63) is 127 Å². The van der Waals surface area contributed by atoms with Crippen molar-refractivity contribution in [2.45, 2.75) is 0 Å². The smallest absolute Gasteiger partial charge is 0.191 e. The predicted molar refractivity (Wildman–Crippen MR) is 142 cm³/mol. The van der Waals surface area contributed by atoms with Crippen molar-refractivity contribution in [1.29, 1.82) is 5.26 Å². The lowest BCUT2D eigenvalue weighted by Crippen LogP contribution is -2.26. The Morgan fingerprint density at radius 3 is 1.91 bits per heavy atom. The molecule has 6 rings (SSSR count). The van der Waals surface area contributed by atoms with Crippen molar-refractivity contribution >= 4 is 40.0 Å². The number of hydrogen-bond acceptors (Lipinski definition) is 1. The van der Waals surface area contributed by atoms with Gasteiger partial charge in [0.1, 0.15) is 0 Å². The van der Waals surface area contributed by atoms with Crippen molar-refractivity contribution in [1.82, 2.24) is 4.57 Å². The topological polar surface area (TPSA) is 28.7 Å². The Bertz CT molecular complexity index is 1660. The SMILES string of the molecule is N#Cc1ccc([B]c2ccc(-c3ccc4c(c3)c3ccccc3n4-c3ccccc3)cc2)cc1. The van der Waals surface area contributed by atoms with Crippen LogP contribution >= 0.6 is 0 Å². The highest BCUT2D eigenvalue weighted by atomic mass is 15.0. The summed E-state index contributed by atoms with van der Waals surface area (Å²) in [6.07, 6.45) is 0. The fourth-order valence-electron chi connectivity index (χ4n) is 4.63. The van der Waals surface area contributed by atoms with Gasteiger partial charge in [-0.05, 0) is 53.6 Å². The summed E-state index contributed by atoms with van der Waals surface area (Å²) >= 11 is 0. The molecule has 5 aromatic carbocycles. The lowest BCUT2D eigenvalue weighted by Gasteiger charge is -2.08. The van der Waals surface area contributed by atoms with Gasteiger partial charge in [0.2, 0.25) is 0 Å². The van der Waals surface area contributed by atoms with Crippen LogP contribution in [0.5, 0.6) is 0 Å². The van der Waals surface area contributed by atoms with E-state index in [0.717, 1.165) is 10.9 Å². The number of nitrogens with zero attached hydrogens (tertiary/aromatic N) is 2. The minimum atomic E-state index is 0.677. The molecule has 0 atom stereocenters. The fraction of sp³-hybridized carbons (Fsp3) is 0. The van der Waals surface area contributed by atoms with Crippen molar-refractivity contribution in [3.8, 4) is 22.9 Å². The Morgan fingerprint density at radius 2 is 1.18 bits per heavy atom. The van der Waals surface area contributed by atoms with Crippen LogP contribution in [0.2, 0.25) is 0 Å². The summed E-state index contributed by atoms with van der Waals surface area (Å²) in [6.45, 7) is 0. The monoisotopic (exact) mass is 431 g/mol. The fourth-order valence-corrected chi connectivity index (χ4v) is 4.63. The second-order valence-corrected chi connectivity index (χ2v) is 8.42. The Labute approximate surface area is 199 Å². The van der Waals surface area contributed by atoms with Crippen LogP contribution < -0.4 is 10.9 Å². The number of para-hydroxylation sites is 2. The minimum Gasteiger partial charge on any atom is -0.309 e. The second-order valence-electron chi connectivity index (χ2n) is 8.42. The molecule has 0 aliphatic heterocycles. The number of nitriles is 1. The van der Waals surface area contributed by atoms with Gasteiger partial charge in [-0.15, -0.1) is 0 Å². The van der Waals surface area contributed by atoms with E-state index in [0.29, 0.717) is 5.56 Å². The highest BCUT2D eigenvalue weighted by Gasteiger charge is 2.13. The quantitative estimate of drug-likeness (QED) is 0.316. The van der Waals surface area contributed by atoms with E-state index < -0.39 is 0 Å². The van der Waals surface area contributed by atoms with Gasteiger partial charge in [0.15, 0.2) is 7.28 Å². The van der Waals surface area contributed by atoms with Gasteiger partial charge in [0.05, 0.1) is 22.7 Å². The van der Waals surface area contributed by atoms with E-state index in [1.807, 2.05) is 24.3 Å². The van der Waals surface area contributed by atoms with Crippen molar-refractivity contribution in [3.63, 3.8) is 0 Å². The predicted octanol–water partition coefficient (Wildman–Crippen LogP) is 5.98. The van der Waals surface area contributed by atoms with Crippen molar-refractivity contribution in [2.75, 3.05) is 0 Å². The summed E-state index contributed by atoms with van der Waals surface area (Å²) in [5.74, 6) is 0. The van der Waals surface area contributed by atoms with Gasteiger partial charge in [0.25, 0.3) is 0 Å². The highest BCUT2D eigenvalue weighted by Crippen LogP contribution is 2.34. The molecular weight excluding hydrogens is 411 g/mol. The summed E-state index contributed by atoms with van der Waals surface area (Å²) in [5.41, 5.74) is 8.89. The van der Waals surface area contributed by atoms with E-state index in [1.54, 1.807) is 0 Å². The molecule has 0 bridgehead atoms. The molecule has 34 heavy (non-hydrogen) atoms. The summed E-state index contributed by atoms with van der Waals surface area (Å²) in [5, 5.41) is 11.5. The number of rotatable bonds is 4. The zero-order chi connectivity index (χ0) is 22.9. The zero-order valence-electron chi connectivity index (χ0n) is 18.5. The van der Waals surface area contributed by atoms with Gasteiger partial charge >= 0.3 is 0 Å². The molecule has 1 radical (unpaired) electrons. The van der Waals surface area contributed by atoms with Crippen LogP contribution in [0, 0.1) is 11.3 Å². The maximum absolute atomic E-state index is 8.98. The summed E-state index contributed by atoms with van der Waals surface area (Å²) in [4.78, 5) is 0. The second kappa shape index (κ2) is 8.43. The van der Waals surface area contributed by atoms with Crippen LogP contribution in [-0.2, 0) is 0 Å². The first kappa shape index (κ1) is 20.1. The molecule has 157 valence electrons. The van der Waals surface area contributed by atoms with Gasteiger partial charge in [0, 0.05) is 16.5 Å². The molecule has 0 spiro atoms. The standard InChI is InChI=1S/C31H20BN2/c33-21-22-10-15-25(16-11-22)32-26-17-12-23(13-18-26)24-14-19-31-29(20-24)28-8-4-5-9-30(28)34(31)27-6-2-1-3-7-27/h1-20H. The summed E-state index contributed by atoms with van der Waals surface area (Å²) < 4.78 is 2.34. The molecule has 0 unspecified atom stereocenters. The molecule has 0 aliphatic rings. The molecule has 2 nitrogen and oxygen atoms in total. The van der Waals surface area contributed by atoms with Crippen LogP contribution in [0.15, 0.2) is 121 Å². The number of fused-ring (bicyclic) bond motifs is 3. The van der Waals surface area contributed by atoms with Gasteiger partial charge in [-0.1, -0.05) is 89.8 Å². The van der Waals surface area contributed by atoms with E-state index >= 15 is 0 Å². The van der Waals surface area contributed by atoms with E-state index in [2.05, 4.69) is 115 Å². The van der Waals surface area contributed by atoms with Crippen LogP contribution in [0.25, 0.3) is 38.6 Å². The van der Waals surface area contributed by atoms with Crippen molar-refractivity contribution in [2.24, 2.45) is 0 Å². The first-order valence-corrected chi connectivity index (χ1v) is 11.3. The third kappa shape index (κ3) is 3.56. The Hall–Kier alpha value is -4.55. The van der Waals surface area contributed by atoms with Gasteiger partial charge in [-0.3, -0.25) is 0 Å². The molecular formula is C31H20BN2. The number of benzene rings is 5. The number of aromatic nitrogens is 1. The third-order valence-electron chi connectivity index (χ3n) is 6.30. The lowest BCUT2D eigenvalue weighted by molar-refractivity contribution is 1.18. The summed E-state index contributed by atoms with van der Waals surface area (Å²) in [7, 11) is 2.13. The molecule has 0 aliphatic carbocycles. The van der Waals surface area contributed by atoms with Gasteiger partial charge < -0.3 is 4.57 Å². The molecule has 6 aromatic rings. The van der Waals surface area contributed by atoms with Crippen LogP contribution in [0.4, 0.5) is 0 Å². The maximum Gasteiger partial charge on any atom is 0.191 e. The Morgan fingerprint density at radius 1 is 0.559 bits per heavy atom. The van der Waals surface area contributed by atoms with Crippen LogP contribution in [-0.4, -0.2) is 11.8 Å². The van der Waals surface area contributed by atoms with E-state index in [1.165, 1.54) is 38.6 Å². The van der Waals surface area contributed by atoms with Gasteiger partial charge in [-0.25, -0.2) is 0 Å². The average Bonchev–Trinajstić information content (AvgIpc) is 3.24. The molecule has 0 N–H and O–H groups in total. The molecule has 0 saturated heterocycles. The Kier molecular flexibility index (Phi) is 4.98. The number of hydrogen-bond donors (Lipinski definition) is 0. The third-order valence-corrected chi connectivity index (χ3v) is 6.30. The highest BCUT2D eigenvalue weighted by molar-refractivity contribution is 6.67. The van der Waals surface area contributed by atoms with Crippen molar-refractivity contribution < 1.29 is 0 Å².